The van der Waals surface area contributed by atoms with Crippen LogP contribution < -0.4 is 16.0 Å². The molecule has 1 aromatic rings. The van der Waals surface area contributed by atoms with Crippen molar-refractivity contribution in [3.63, 3.8) is 0 Å². The zero-order valence-corrected chi connectivity index (χ0v) is 11.5. The second-order valence-corrected chi connectivity index (χ2v) is 5.15. The number of carbonyl (C=O) groups excluding carboxylic acids is 1. The van der Waals surface area contributed by atoms with Crippen molar-refractivity contribution >= 4 is 44.7 Å². The van der Waals surface area contributed by atoms with Crippen molar-refractivity contribution in [3.05, 3.63) is 28.2 Å². The smallest absolute Gasteiger partial charge is 0.239 e. The Morgan fingerprint density at radius 2 is 2.29 bits per heavy atom. The van der Waals surface area contributed by atoms with Gasteiger partial charge >= 0.3 is 0 Å². The quantitative estimate of drug-likeness (QED) is 0.800. The number of hydrogen-bond donors (Lipinski definition) is 2. The topological polar surface area (TPSA) is 58.4 Å². The lowest BCUT2D eigenvalue weighted by atomic mass is 10.1. The average molecular weight is 314 g/mol. The number of hydrogen-bond acceptors (Lipinski definition) is 3. The summed E-state index contributed by atoms with van der Waals surface area (Å²) >= 11 is 8.43. The van der Waals surface area contributed by atoms with Crippen molar-refractivity contribution in [1.29, 1.82) is 0 Å². The van der Waals surface area contributed by atoms with Crippen LogP contribution in [-0.4, -0.2) is 30.5 Å². The fourth-order valence-electron chi connectivity index (χ4n) is 1.83. The molecule has 0 aromatic heterocycles. The molecule has 1 aromatic carbocycles. The Morgan fingerprint density at radius 3 is 2.94 bits per heavy atom. The van der Waals surface area contributed by atoms with Gasteiger partial charge in [0, 0.05) is 28.8 Å². The minimum absolute atomic E-state index is 0.0214. The number of nitrogens with one attached hydrogen (secondary N) is 1. The van der Waals surface area contributed by atoms with E-state index in [4.69, 9.17) is 18.0 Å². The first kappa shape index (κ1) is 12.3. The lowest BCUT2D eigenvalue weighted by Gasteiger charge is -2.30. The van der Waals surface area contributed by atoms with Gasteiger partial charge in [0.2, 0.25) is 5.91 Å². The third kappa shape index (κ3) is 2.76. The number of benzene rings is 1. The van der Waals surface area contributed by atoms with Crippen LogP contribution in [0.5, 0.6) is 0 Å². The molecule has 1 aliphatic rings. The molecule has 4 nitrogen and oxygen atoms in total. The Hall–Kier alpha value is -1.14. The van der Waals surface area contributed by atoms with E-state index in [0.717, 1.165) is 22.3 Å². The van der Waals surface area contributed by atoms with Crippen LogP contribution in [0.4, 0.5) is 5.69 Å². The Balaban J connectivity index is 2.37. The molecule has 0 saturated carbocycles. The van der Waals surface area contributed by atoms with Crippen LogP contribution in [0.3, 0.4) is 0 Å². The highest BCUT2D eigenvalue weighted by molar-refractivity contribution is 9.10. The molecule has 90 valence electrons. The highest BCUT2D eigenvalue weighted by Gasteiger charge is 2.19. The summed E-state index contributed by atoms with van der Waals surface area (Å²) in [6.45, 7) is 1.76. The standard InChI is InChI=1S/C11H12BrN3OS/c12-7-1-2-9(8(5-7)11(13)17)15-4-3-14-10(16)6-15/h1-2,5H,3-4,6H2,(H2,13,17)(H,14,16). The molecular weight excluding hydrogens is 302 g/mol. The molecule has 6 heteroatoms. The van der Waals surface area contributed by atoms with Gasteiger partial charge in [0.25, 0.3) is 0 Å². The highest BCUT2D eigenvalue weighted by Crippen LogP contribution is 2.25. The van der Waals surface area contributed by atoms with E-state index < -0.39 is 0 Å². The Morgan fingerprint density at radius 1 is 1.53 bits per heavy atom. The van der Waals surface area contributed by atoms with Crippen LogP contribution >= 0.6 is 28.1 Å². The minimum Gasteiger partial charge on any atom is -0.389 e. The van der Waals surface area contributed by atoms with Crippen LogP contribution in [0.1, 0.15) is 5.56 Å². The zero-order valence-electron chi connectivity index (χ0n) is 9.07. The first-order chi connectivity index (χ1) is 8.08. The summed E-state index contributed by atoms with van der Waals surface area (Å²) in [6.07, 6.45) is 0. The molecule has 0 atom stereocenters. The van der Waals surface area contributed by atoms with Gasteiger partial charge < -0.3 is 16.0 Å². The first-order valence-corrected chi connectivity index (χ1v) is 6.39. The summed E-state index contributed by atoms with van der Waals surface area (Å²) in [5.41, 5.74) is 7.42. The van der Waals surface area contributed by atoms with Gasteiger partial charge in [-0.15, -0.1) is 0 Å². The molecule has 0 radical (unpaired) electrons. The van der Waals surface area contributed by atoms with Crippen LogP contribution in [-0.2, 0) is 4.79 Å². The molecule has 1 saturated heterocycles. The Kier molecular flexibility index (Phi) is 3.63. The SMILES string of the molecule is NC(=S)c1cc(Br)ccc1N1CCNC(=O)C1. The largest absolute Gasteiger partial charge is 0.389 e. The number of nitrogens with zero attached hydrogens (tertiary/aromatic N) is 1. The van der Waals surface area contributed by atoms with E-state index in [-0.39, 0.29) is 5.91 Å². The molecule has 3 N–H and O–H groups in total. The maximum atomic E-state index is 11.4. The molecule has 0 bridgehead atoms. The van der Waals surface area contributed by atoms with Gasteiger partial charge in [-0.2, -0.15) is 0 Å². The Labute approximate surface area is 113 Å². The third-order valence-electron chi connectivity index (χ3n) is 2.60. The number of anilines is 1. The molecule has 17 heavy (non-hydrogen) atoms. The van der Waals surface area contributed by atoms with Gasteiger partial charge in [-0.3, -0.25) is 4.79 Å². The highest BCUT2D eigenvalue weighted by atomic mass is 79.9. The normalized spacial score (nSPS) is 15.6. The molecule has 1 heterocycles. The summed E-state index contributed by atoms with van der Waals surface area (Å²) in [7, 11) is 0. The summed E-state index contributed by atoms with van der Waals surface area (Å²) in [5.74, 6) is 0.0214. The molecule has 0 aliphatic carbocycles. The molecule has 2 rings (SSSR count). The number of thiocarbonyl (C=S) groups is 1. The average Bonchev–Trinajstić information content (AvgIpc) is 2.28. The van der Waals surface area contributed by atoms with Gasteiger partial charge in [-0.1, -0.05) is 28.1 Å². The van der Waals surface area contributed by atoms with Crippen LogP contribution in [0.15, 0.2) is 22.7 Å². The Bertz CT molecular complexity index is 478. The van der Waals surface area contributed by atoms with Gasteiger partial charge in [0.05, 0.1) is 6.54 Å². The van der Waals surface area contributed by atoms with Crippen molar-refractivity contribution < 1.29 is 4.79 Å². The van der Waals surface area contributed by atoms with Crippen LogP contribution in [0.25, 0.3) is 0 Å². The monoisotopic (exact) mass is 313 g/mol. The van der Waals surface area contributed by atoms with E-state index in [1.54, 1.807) is 0 Å². The minimum atomic E-state index is 0.0214. The predicted octanol–water partition coefficient (Wildman–Crippen LogP) is 1.02. The van der Waals surface area contributed by atoms with E-state index in [0.29, 0.717) is 18.1 Å². The molecule has 1 fully saturated rings. The van der Waals surface area contributed by atoms with Crippen LogP contribution in [0, 0.1) is 0 Å². The number of rotatable bonds is 2. The van der Waals surface area contributed by atoms with Gasteiger partial charge in [0.1, 0.15) is 4.99 Å². The van der Waals surface area contributed by atoms with Gasteiger partial charge in [-0.05, 0) is 18.2 Å². The second kappa shape index (κ2) is 5.01. The summed E-state index contributed by atoms with van der Waals surface area (Å²) < 4.78 is 0.922. The van der Waals surface area contributed by atoms with Gasteiger partial charge in [-0.25, -0.2) is 0 Å². The lowest BCUT2D eigenvalue weighted by Crippen LogP contribution is -2.48. The lowest BCUT2D eigenvalue weighted by molar-refractivity contribution is -0.120. The van der Waals surface area contributed by atoms with E-state index in [9.17, 15) is 4.79 Å². The number of halogens is 1. The van der Waals surface area contributed by atoms with Crippen molar-refractivity contribution in [3.8, 4) is 0 Å². The summed E-state index contributed by atoms with van der Waals surface area (Å²) in [6, 6.07) is 5.73. The van der Waals surface area contributed by atoms with Crippen molar-refractivity contribution in [2.45, 2.75) is 0 Å². The van der Waals surface area contributed by atoms with E-state index >= 15 is 0 Å². The van der Waals surface area contributed by atoms with Gasteiger partial charge in [0.15, 0.2) is 0 Å². The molecule has 0 spiro atoms. The van der Waals surface area contributed by atoms with Crippen LogP contribution in [0.2, 0.25) is 0 Å². The fraction of sp³-hybridized carbons (Fsp3) is 0.273. The molecular formula is C11H12BrN3OS. The summed E-state index contributed by atoms with van der Waals surface area (Å²) in [4.78, 5) is 13.7. The summed E-state index contributed by atoms with van der Waals surface area (Å²) in [5, 5.41) is 2.79. The number of nitrogens with two attached hydrogens (primary N) is 1. The first-order valence-electron chi connectivity index (χ1n) is 5.19. The van der Waals surface area contributed by atoms with Crippen molar-refractivity contribution in [2.75, 3.05) is 24.5 Å². The predicted molar refractivity (Wildman–Crippen MR) is 75.3 cm³/mol. The fourth-order valence-corrected chi connectivity index (χ4v) is 2.35. The molecule has 0 unspecified atom stereocenters. The number of amides is 1. The zero-order chi connectivity index (χ0) is 12.4. The number of carbonyl (C=O) groups is 1. The van der Waals surface area contributed by atoms with Crippen molar-refractivity contribution in [1.82, 2.24) is 5.32 Å². The maximum Gasteiger partial charge on any atom is 0.239 e. The third-order valence-corrected chi connectivity index (χ3v) is 3.32. The maximum absolute atomic E-state index is 11.4. The van der Waals surface area contributed by atoms with E-state index in [1.807, 2.05) is 23.1 Å². The molecule has 1 aliphatic heterocycles. The second-order valence-electron chi connectivity index (χ2n) is 3.80. The number of piperazine rings is 1. The van der Waals surface area contributed by atoms with E-state index in [2.05, 4.69) is 21.2 Å². The van der Waals surface area contributed by atoms with E-state index in [1.165, 1.54) is 0 Å². The molecule has 1 amide bonds. The van der Waals surface area contributed by atoms with Crippen molar-refractivity contribution in [2.24, 2.45) is 5.73 Å².